The molecule has 5 N–H and O–H groups in total. The van der Waals surface area contributed by atoms with E-state index in [1.54, 1.807) is 30.3 Å². The van der Waals surface area contributed by atoms with Crippen molar-refractivity contribution < 1.29 is 32.2 Å². The van der Waals surface area contributed by atoms with Gasteiger partial charge in [0.1, 0.15) is 24.1 Å². The van der Waals surface area contributed by atoms with Crippen molar-refractivity contribution in [2.24, 2.45) is 11.7 Å². The van der Waals surface area contributed by atoms with Crippen LogP contribution in [0.5, 0.6) is 0 Å². The van der Waals surface area contributed by atoms with Gasteiger partial charge < -0.3 is 31.2 Å². The summed E-state index contributed by atoms with van der Waals surface area (Å²) >= 11 is 0. The molecule has 276 valence electrons. The molecule has 1 saturated heterocycles. The Kier molecular flexibility index (Phi) is 13.1. The molecule has 4 aromatic rings. The van der Waals surface area contributed by atoms with Crippen LogP contribution < -0.4 is 21.7 Å². The molecule has 0 radical (unpaired) electrons. The smallest absolute Gasteiger partial charge is 0.407 e. The van der Waals surface area contributed by atoms with Gasteiger partial charge in [0.25, 0.3) is 0 Å². The zero-order valence-corrected chi connectivity index (χ0v) is 29.9. The molecule has 0 aliphatic carbocycles. The van der Waals surface area contributed by atoms with Crippen LogP contribution in [0.4, 0.5) is 23.7 Å². The average Bonchev–Trinajstić information content (AvgIpc) is 3.12. The summed E-state index contributed by atoms with van der Waals surface area (Å²) in [6, 6.07) is 22.4. The SMILES string of the molecule is Cc1ccc(C(c2ccc(F)cc2)[C@H](N)C(=O)Nc2cccc(F)c2CC[C@@H]2CN[C@H](COC(=O)N[C@@H](c3ccc(F)cc3)C(C)C)[C@H](C)O2)cc1. The molecule has 1 unspecified atom stereocenters. The van der Waals surface area contributed by atoms with Crippen molar-refractivity contribution in [2.45, 2.75) is 76.8 Å². The number of hydrogen-bond acceptors (Lipinski definition) is 6. The summed E-state index contributed by atoms with van der Waals surface area (Å²) in [5.41, 5.74) is 10.5. The van der Waals surface area contributed by atoms with E-state index in [2.05, 4.69) is 16.0 Å². The molecule has 11 heteroatoms. The summed E-state index contributed by atoms with van der Waals surface area (Å²) in [6.45, 7) is 8.26. The number of hydrogen-bond donors (Lipinski definition) is 4. The fraction of sp³-hybridized carbons (Fsp3) is 0.366. The van der Waals surface area contributed by atoms with Gasteiger partial charge in [-0.25, -0.2) is 18.0 Å². The number of rotatable bonds is 13. The maximum atomic E-state index is 15.3. The van der Waals surface area contributed by atoms with Crippen LogP contribution in [0.3, 0.4) is 0 Å². The highest BCUT2D eigenvalue weighted by atomic mass is 19.1. The molecule has 1 fully saturated rings. The Morgan fingerprint density at radius 2 is 1.50 bits per heavy atom. The average molecular weight is 717 g/mol. The second-order valence-corrected chi connectivity index (χ2v) is 13.8. The number of alkyl carbamates (subject to hydrolysis) is 1. The molecular weight excluding hydrogens is 669 g/mol. The molecule has 2 amide bonds. The van der Waals surface area contributed by atoms with Gasteiger partial charge in [0.05, 0.1) is 30.3 Å². The van der Waals surface area contributed by atoms with Crippen LogP contribution in [0, 0.1) is 30.3 Å². The molecule has 0 spiro atoms. The van der Waals surface area contributed by atoms with E-state index in [9.17, 15) is 18.4 Å². The van der Waals surface area contributed by atoms with E-state index in [1.807, 2.05) is 52.0 Å². The van der Waals surface area contributed by atoms with Crippen molar-refractivity contribution in [3.05, 3.63) is 136 Å². The number of anilines is 1. The second-order valence-electron chi connectivity index (χ2n) is 13.8. The molecule has 0 bridgehead atoms. The van der Waals surface area contributed by atoms with Gasteiger partial charge in [0.2, 0.25) is 5.91 Å². The zero-order chi connectivity index (χ0) is 37.4. The van der Waals surface area contributed by atoms with E-state index in [0.717, 1.165) is 16.7 Å². The van der Waals surface area contributed by atoms with E-state index in [0.29, 0.717) is 29.8 Å². The third-order valence-electron chi connectivity index (χ3n) is 9.57. The van der Waals surface area contributed by atoms with Crippen LogP contribution in [-0.4, -0.2) is 49.4 Å². The summed E-state index contributed by atoms with van der Waals surface area (Å²) in [6.07, 6.45) is -0.433. The first-order valence-corrected chi connectivity index (χ1v) is 17.6. The van der Waals surface area contributed by atoms with E-state index in [-0.39, 0.29) is 49.1 Å². The van der Waals surface area contributed by atoms with Gasteiger partial charge in [0.15, 0.2) is 0 Å². The van der Waals surface area contributed by atoms with Crippen LogP contribution >= 0.6 is 0 Å². The topological polar surface area (TPSA) is 115 Å². The molecule has 1 aliphatic rings. The van der Waals surface area contributed by atoms with Crippen LogP contribution in [-0.2, 0) is 20.7 Å². The standard InChI is InChI=1S/C41H47F3N4O4/c1-24(2)39(29-14-18-31(43)19-15-29)48-41(50)51-23-36-26(4)52-32(22-46-36)20-21-33-34(44)6-5-7-35(33)47-40(49)38(45)37(27-10-8-25(3)9-11-27)28-12-16-30(42)17-13-28/h5-19,24,26,32,36-39,46H,20-23,45H2,1-4H3,(H,47,49)(H,48,50)/t26-,32+,36+,37?,38-,39+/m0/s1. The first-order valence-electron chi connectivity index (χ1n) is 17.6. The molecule has 4 aromatic carbocycles. The zero-order valence-electron chi connectivity index (χ0n) is 29.9. The van der Waals surface area contributed by atoms with Gasteiger partial charge in [-0.05, 0) is 85.7 Å². The molecule has 6 atom stereocenters. The van der Waals surface area contributed by atoms with Crippen molar-refractivity contribution in [1.82, 2.24) is 10.6 Å². The minimum atomic E-state index is -1.06. The number of morpholine rings is 1. The van der Waals surface area contributed by atoms with Crippen molar-refractivity contribution in [1.29, 1.82) is 0 Å². The van der Waals surface area contributed by atoms with Crippen molar-refractivity contribution in [3.8, 4) is 0 Å². The largest absolute Gasteiger partial charge is 0.448 e. The van der Waals surface area contributed by atoms with Crippen molar-refractivity contribution in [2.75, 3.05) is 18.5 Å². The predicted octanol–water partition coefficient (Wildman–Crippen LogP) is 7.31. The Morgan fingerprint density at radius 1 is 0.904 bits per heavy atom. The van der Waals surface area contributed by atoms with Crippen LogP contribution in [0.25, 0.3) is 0 Å². The van der Waals surface area contributed by atoms with E-state index >= 15 is 4.39 Å². The molecule has 1 heterocycles. The number of ether oxygens (including phenoxy) is 2. The summed E-state index contributed by atoms with van der Waals surface area (Å²) in [4.78, 5) is 26.3. The summed E-state index contributed by atoms with van der Waals surface area (Å²) in [7, 11) is 0. The van der Waals surface area contributed by atoms with Crippen LogP contribution in [0.1, 0.15) is 67.0 Å². The second kappa shape index (κ2) is 17.7. The quantitative estimate of drug-likeness (QED) is 0.115. The number of nitrogens with one attached hydrogen (secondary N) is 3. The van der Waals surface area contributed by atoms with Gasteiger partial charge in [-0.2, -0.15) is 0 Å². The van der Waals surface area contributed by atoms with Gasteiger partial charge in [-0.15, -0.1) is 0 Å². The van der Waals surface area contributed by atoms with E-state index < -0.39 is 35.6 Å². The van der Waals surface area contributed by atoms with Crippen LogP contribution in [0.2, 0.25) is 0 Å². The Balaban J connectivity index is 1.16. The number of nitrogens with two attached hydrogens (primary N) is 1. The highest BCUT2D eigenvalue weighted by Gasteiger charge is 2.31. The van der Waals surface area contributed by atoms with Crippen molar-refractivity contribution >= 4 is 17.7 Å². The molecule has 0 aromatic heterocycles. The molecular formula is C41H47F3N4O4. The summed E-state index contributed by atoms with van der Waals surface area (Å²) in [5, 5.41) is 9.10. The number of benzene rings is 4. The van der Waals surface area contributed by atoms with Gasteiger partial charge >= 0.3 is 6.09 Å². The first-order chi connectivity index (χ1) is 24.9. The van der Waals surface area contributed by atoms with Gasteiger partial charge in [0, 0.05) is 23.7 Å². The normalized spacial score (nSPS) is 19.1. The summed E-state index contributed by atoms with van der Waals surface area (Å²) in [5.74, 6) is -2.24. The molecule has 0 saturated carbocycles. The molecule has 5 rings (SSSR count). The lowest BCUT2D eigenvalue weighted by atomic mass is 9.84. The van der Waals surface area contributed by atoms with Gasteiger partial charge in [-0.3, -0.25) is 4.79 Å². The number of carbonyl (C=O) groups is 2. The minimum Gasteiger partial charge on any atom is -0.448 e. The maximum absolute atomic E-state index is 15.3. The first kappa shape index (κ1) is 38.5. The lowest BCUT2D eigenvalue weighted by Crippen LogP contribution is -2.54. The van der Waals surface area contributed by atoms with E-state index in [1.165, 1.54) is 36.4 Å². The maximum Gasteiger partial charge on any atom is 0.407 e. The Bertz CT molecular complexity index is 1740. The van der Waals surface area contributed by atoms with E-state index in [4.69, 9.17) is 15.2 Å². The minimum absolute atomic E-state index is 0.0471. The van der Waals surface area contributed by atoms with Crippen LogP contribution in [0.15, 0.2) is 91.0 Å². The Labute approximate surface area is 303 Å². The third kappa shape index (κ3) is 9.99. The molecule has 1 aliphatic heterocycles. The fourth-order valence-electron chi connectivity index (χ4n) is 6.55. The summed E-state index contributed by atoms with van der Waals surface area (Å²) < 4.78 is 54.2. The monoisotopic (exact) mass is 716 g/mol. The number of carbonyl (C=O) groups excluding carboxylic acids is 2. The lowest BCUT2D eigenvalue weighted by molar-refractivity contribution is -0.117. The van der Waals surface area contributed by atoms with Crippen molar-refractivity contribution in [3.63, 3.8) is 0 Å². The molecule has 52 heavy (non-hydrogen) atoms. The van der Waals surface area contributed by atoms with Gasteiger partial charge in [-0.1, -0.05) is 74.0 Å². The highest BCUT2D eigenvalue weighted by molar-refractivity contribution is 5.96. The highest BCUT2D eigenvalue weighted by Crippen LogP contribution is 2.30. The predicted molar refractivity (Wildman–Crippen MR) is 195 cm³/mol. The Morgan fingerprint density at radius 3 is 2.10 bits per heavy atom. The number of amides is 2. The molecule has 8 nitrogen and oxygen atoms in total. The lowest BCUT2D eigenvalue weighted by Gasteiger charge is -2.35. The Hall–Kier alpha value is -4.71. The number of aryl methyl sites for hydroxylation is 1. The third-order valence-corrected chi connectivity index (χ3v) is 9.57. The number of halogens is 3. The fourth-order valence-corrected chi connectivity index (χ4v) is 6.55.